The van der Waals surface area contributed by atoms with Crippen molar-refractivity contribution >= 4 is 56.7 Å². The zero-order valence-corrected chi connectivity index (χ0v) is 62.3. The molecule has 544 valence electrons. The third-order valence-corrected chi connectivity index (χ3v) is 16.0. The largest absolute Gasteiger partial charge is 0.478 e. The molecule has 0 spiro atoms. The first-order valence-corrected chi connectivity index (χ1v) is 36.0. The SMILES string of the molecule is C(=C\c1ccccc1)/c1ccccc1.C=CCCCC(C)C=C.C=CCCCC(C)C=C.C=CCCCC(C)C=C.C=CCCCC(C)C=C.C=CCCCC(C=C)Cc1c[nH]c(=O)[nH]c1=O.O=C(O)/C=C/c1ccccc1.O=c1ccc2ccccc2o1.c1ccc2cc3ccccc3cc2c1. The molecule has 9 rings (SSSR count). The summed E-state index contributed by atoms with van der Waals surface area (Å²) in [5, 5.41) is 14.5. The maximum absolute atomic E-state index is 11.5. The summed E-state index contributed by atoms with van der Waals surface area (Å²) in [5.41, 5.74) is 3.50. The van der Waals surface area contributed by atoms with Gasteiger partial charge in [0.15, 0.2) is 0 Å². The molecule has 5 atom stereocenters. The van der Waals surface area contributed by atoms with E-state index in [1.807, 2.05) is 146 Å². The fourth-order valence-electron chi connectivity index (χ4n) is 9.45. The minimum atomic E-state index is -0.922. The van der Waals surface area contributed by atoms with Crippen molar-refractivity contribution in [2.75, 3.05) is 0 Å². The lowest BCUT2D eigenvalue weighted by Crippen LogP contribution is -2.25. The fraction of sp³-hybridized carbons (Fsp3) is 0.263. The molecule has 103 heavy (non-hydrogen) atoms. The first-order valence-electron chi connectivity index (χ1n) is 36.0. The van der Waals surface area contributed by atoms with Crippen molar-refractivity contribution in [3.63, 3.8) is 0 Å². The maximum Gasteiger partial charge on any atom is 0.336 e. The number of aromatic amines is 2. The summed E-state index contributed by atoms with van der Waals surface area (Å²) >= 11 is 0. The van der Waals surface area contributed by atoms with E-state index in [9.17, 15) is 19.2 Å². The van der Waals surface area contributed by atoms with Crippen molar-refractivity contribution in [1.82, 2.24) is 9.97 Å². The highest BCUT2D eigenvalue weighted by molar-refractivity contribution is 5.98. The second-order valence-electron chi connectivity index (χ2n) is 24.8. The summed E-state index contributed by atoms with van der Waals surface area (Å²) in [7, 11) is 0. The predicted molar refractivity (Wildman–Crippen MR) is 452 cm³/mol. The Morgan fingerprint density at radius 2 is 0.738 bits per heavy atom. The van der Waals surface area contributed by atoms with Crippen LogP contribution in [0.2, 0.25) is 0 Å². The van der Waals surface area contributed by atoms with E-state index in [0.29, 0.717) is 41.2 Å². The number of fused-ring (bicyclic) bond motifs is 3. The summed E-state index contributed by atoms with van der Waals surface area (Å²) < 4.78 is 4.91. The predicted octanol–water partition coefficient (Wildman–Crippen LogP) is 25.9. The molecule has 0 aliphatic rings. The van der Waals surface area contributed by atoms with Gasteiger partial charge in [0.1, 0.15) is 5.58 Å². The summed E-state index contributed by atoms with van der Waals surface area (Å²) in [6.07, 6.45) is 46.1. The molecule has 5 unspecified atom stereocenters. The number of rotatable bonds is 31. The highest BCUT2D eigenvalue weighted by Crippen LogP contribution is 2.23. The Morgan fingerprint density at radius 3 is 1.07 bits per heavy atom. The number of carboxylic acids is 1. The van der Waals surface area contributed by atoms with Crippen molar-refractivity contribution in [2.45, 2.75) is 130 Å². The summed E-state index contributed by atoms with van der Waals surface area (Å²) in [6, 6.07) is 61.9. The van der Waals surface area contributed by atoms with Crippen LogP contribution >= 0.6 is 0 Å². The van der Waals surface area contributed by atoms with E-state index in [-0.39, 0.29) is 17.1 Å². The number of unbranched alkanes of at least 4 members (excludes halogenated alkanes) is 5. The number of aromatic nitrogens is 2. The summed E-state index contributed by atoms with van der Waals surface area (Å²) in [5.74, 6) is 2.01. The molecular formula is C95H118N2O6. The average molecular weight is 1380 g/mol. The second kappa shape index (κ2) is 60.1. The monoisotopic (exact) mass is 1380 g/mol. The van der Waals surface area contributed by atoms with E-state index in [4.69, 9.17) is 9.52 Å². The van der Waals surface area contributed by atoms with Crippen LogP contribution in [0.3, 0.4) is 0 Å². The molecule has 2 heterocycles. The van der Waals surface area contributed by atoms with Gasteiger partial charge in [0.2, 0.25) is 0 Å². The van der Waals surface area contributed by atoms with Crippen molar-refractivity contribution < 1.29 is 14.3 Å². The van der Waals surface area contributed by atoms with Gasteiger partial charge in [0, 0.05) is 29.3 Å². The van der Waals surface area contributed by atoms with Crippen LogP contribution in [0, 0.1) is 29.6 Å². The zero-order chi connectivity index (χ0) is 75.9. The van der Waals surface area contributed by atoms with Crippen LogP contribution in [0.25, 0.3) is 50.7 Å². The van der Waals surface area contributed by atoms with Crippen LogP contribution in [-0.4, -0.2) is 21.0 Å². The molecule has 0 aliphatic heterocycles. The Morgan fingerprint density at radius 1 is 0.408 bits per heavy atom. The smallest absolute Gasteiger partial charge is 0.336 e. The van der Waals surface area contributed by atoms with Gasteiger partial charge >= 0.3 is 17.3 Å². The highest BCUT2D eigenvalue weighted by atomic mass is 16.4. The van der Waals surface area contributed by atoms with E-state index in [2.05, 4.69) is 201 Å². The molecule has 3 N–H and O–H groups in total. The van der Waals surface area contributed by atoms with E-state index < -0.39 is 11.7 Å². The van der Waals surface area contributed by atoms with Gasteiger partial charge in [-0.05, 0) is 201 Å². The first-order chi connectivity index (χ1) is 49.9. The van der Waals surface area contributed by atoms with E-state index in [1.165, 1.54) is 96.3 Å². The molecule has 0 fully saturated rings. The topological polar surface area (TPSA) is 133 Å². The van der Waals surface area contributed by atoms with Crippen molar-refractivity contribution in [1.29, 1.82) is 0 Å². The number of allylic oxidation sites excluding steroid dienone is 10. The van der Waals surface area contributed by atoms with Crippen LogP contribution in [-0.2, 0) is 11.2 Å². The van der Waals surface area contributed by atoms with E-state index >= 15 is 0 Å². The summed E-state index contributed by atoms with van der Waals surface area (Å²) in [6.45, 7) is 45.7. The molecule has 8 nitrogen and oxygen atoms in total. The Hall–Kier alpha value is -10.7. The molecule has 0 saturated heterocycles. The average Bonchev–Trinajstić information content (AvgIpc) is 0.814. The minimum absolute atomic E-state index is 0.252. The van der Waals surface area contributed by atoms with Gasteiger partial charge < -0.3 is 14.5 Å². The molecule has 9 aromatic rings. The fourth-order valence-corrected chi connectivity index (χ4v) is 9.45. The van der Waals surface area contributed by atoms with Crippen LogP contribution in [0.5, 0.6) is 0 Å². The minimum Gasteiger partial charge on any atom is -0.478 e. The second-order valence-corrected chi connectivity index (χ2v) is 24.8. The van der Waals surface area contributed by atoms with Crippen LogP contribution in [0.15, 0.2) is 346 Å². The number of H-pyrrole nitrogens is 2. The number of benzene rings is 7. The number of para-hydroxylation sites is 1. The van der Waals surface area contributed by atoms with Crippen LogP contribution < -0.4 is 16.9 Å². The van der Waals surface area contributed by atoms with Gasteiger partial charge in [-0.1, -0.05) is 258 Å². The molecule has 8 heteroatoms. The lowest BCUT2D eigenvalue weighted by atomic mass is 9.95. The van der Waals surface area contributed by atoms with Crippen molar-refractivity contribution in [3.05, 3.63) is 380 Å². The Kier molecular flexibility index (Phi) is 52.7. The standard InChI is InChI=1S/C14H10.C14H12.C13H18N2O2.C9H6O2.C9H8O2.4C9H16/c1-2-6-12-10-14-8-4-3-7-13(14)9-11(12)5-1;1-3-7-13(8-4-1)11-12-14-9-5-2-6-10-14;1-3-5-6-7-10(4-2)8-11-9-14-13(17)15-12(11)16;10-9-6-5-7-3-1-2-4-8(7)11-9;10-9(11)7-6-8-4-2-1-3-5-8;4*1-4-6-7-8-9(3)5-2/h1-10H;1-12H;3-4,9-10H,1-2,5-8H2,(H2,14,15,16,17);1-6H;1-7H,(H,10,11);4*4-5,9H,1-2,6-8H2,3H3/b;12-11+;;;7-6+;;;;. The first kappa shape index (κ1) is 90.3. The molecule has 7 aromatic carbocycles. The number of aliphatic carboxylic acids is 1. The third kappa shape index (κ3) is 46.4. The van der Waals surface area contributed by atoms with Crippen molar-refractivity contribution in [2.24, 2.45) is 29.6 Å². The molecule has 0 radical (unpaired) electrons. The number of carboxylic acid groups (broad SMARTS) is 1. The lowest BCUT2D eigenvalue weighted by Gasteiger charge is -2.10. The third-order valence-electron chi connectivity index (χ3n) is 16.0. The van der Waals surface area contributed by atoms with Crippen LogP contribution in [0.4, 0.5) is 0 Å². The quantitative estimate of drug-likeness (QED) is 0.00990. The molecule has 0 bridgehead atoms. The van der Waals surface area contributed by atoms with Gasteiger partial charge in [-0.2, -0.15) is 0 Å². The lowest BCUT2D eigenvalue weighted by molar-refractivity contribution is -0.131. The zero-order valence-electron chi connectivity index (χ0n) is 62.3. The molecule has 2 aromatic heterocycles. The molecular weight excluding hydrogens is 1270 g/mol. The Labute approximate surface area is 617 Å². The highest BCUT2D eigenvalue weighted by Gasteiger charge is 2.09. The van der Waals surface area contributed by atoms with Gasteiger partial charge in [-0.3, -0.25) is 9.78 Å². The maximum atomic E-state index is 11.5. The molecule has 0 saturated carbocycles. The Balaban J connectivity index is 0.000000585. The van der Waals surface area contributed by atoms with Crippen LogP contribution in [0.1, 0.15) is 146 Å². The van der Waals surface area contributed by atoms with E-state index in [0.717, 1.165) is 62.0 Å². The molecule has 0 aliphatic carbocycles. The van der Waals surface area contributed by atoms with Gasteiger partial charge in [-0.25, -0.2) is 14.4 Å². The summed E-state index contributed by atoms with van der Waals surface area (Å²) in [4.78, 5) is 47.9. The number of hydrogen-bond acceptors (Lipinski definition) is 5. The van der Waals surface area contributed by atoms with Gasteiger partial charge in [0.05, 0.1) is 0 Å². The number of nitrogens with one attached hydrogen (secondary N) is 2. The number of hydrogen-bond donors (Lipinski definition) is 3. The van der Waals surface area contributed by atoms with Gasteiger partial charge in [0.25, 0.3) is 5.56 Å². The van der Waals surface area contributed by atoms with E-state index in [1.54, 1.807) is 18.2 Å². The molecule has 0 amide bonds. The normalized spacial score (nSPS) is 11.5. The Bertz CT molecular complexity index is 3810. The number of carbonyl (C=O) groups is 1. The van der Waals surface area contributed by atoms with Gasteiger partial charge in [-0.15, -0.1) is 65.8 Å². The van der Waals surface area contributed by atoms with Crippen molar-refractivity contribution in [3.8, 4) is 0 Å².